The van der Waals surface area contributed by atoms with Crippen LogP contribution in [-0.2, 0) is 19.1 Å². The van der Waals surface area contributed by atoms with Crippen LogP contribution in [0.2, 0.25) is 0 Å². The average molecular weight is 322 g/mol. The van der Waals surface area contributed by atoms with Crippen molar-refractivity contribution in [2.45, 2.75) is 19.6 Å². The maximum Gasteiger partial charge on any atom is 0.348 e. The van der Waals surface area contributed by atoms with E-state index in [0.29, 0.717) is 0 Å². The largest absolute Gasteiger partial charge is 0.419 e. The Bertz CT molecular complexity index is 711. The molecule has 0 aliphatic carbocycles. The number of cyclic esters (lactones) is 2. The van der Waals surface area contributed by atoms with Gasteiger partial charge >= 0.3 is 11.9 Å². The van der Waals surface area contributed by atoms with Gasteiger partial charge in [-0.1, -0.05) is 0 Å². The van der Waals surface area contributed by atoms with Crippen molar-refractivity contribution in [1.29, 1.82) is 0 Å². The van der Waals surface area contributed by atoms with E-state index in [9.17, 15) is 29.8 Å². The summed E-state index contributed by atoms with van der Waals surface area (Å²) in [4.78, 5) is 44.0. The first kappa shape index (κ1) is 16.1. The Morgan fingerprint density at radius 1 is 1.00 bits per heavy atom. The van der Waals surface area contributed by atoms with Crippen LogP contribution in [-0.4, -0.2) is 27.6 Å². The molecule has 0 saturated carbocycles. The van der Waals surface area contributed by atoms with Gasteiger partial charge in [-0.25, -0.2) is 9.59 Å². The average Bonchev–Trinajstić information content (AvgIpc) is 2.41. The molecule has 120 valence electrons. The van der Waals surface area contributed by atoms with Crippen molar-refractivity contribution in [3.63, 3.8) is 0 Å². The SMILES string of the molecule is CC1(C)OC(=O)C(=Cc2c([N+](=O)[O-])cccc2[N+](=O)[O-])C(=O)O1. The molecule has 1 heterocycles. The quantitative estimate of drug-likeness (QED) is 0.269. The second-order valence-electron chi connectivity index (χ2n) is 4.96. The molecule has 1 aliphatic rings. The van der Waals surface area contributed by atoms with Gasteiger partial charge in [0.2, 0.25) is 0 Å². The number of nitrogens with zero attached hydrogens (tertiary/aromatic N) is 2. The molecule has 10 nitrogen and oxygen atoms in total. The van der Waals surface area contributed by atoms with Crippen LogP contribution in [0.5, 0.6) is 0 Å². The number of hydrogen-bond donors (Lipinski definition) is 0. The maximum absolute atomic E-state index is 11.9. The van der Waals surface area contributed by atoms with Gasteiger partial charge < -0.3 is 9.47 Å². The van der Waals surface area contributed by atoms with Gasteiger partial charge in [0.05, 0.1) is 9.85 Å². The summed E-state index contributed by atoms with van der Waals surface area (Å²) < 4.78 is 9.68. The second kappa shape index (κ2) is 5.48. The topological polar surface area (TPSA) is 139 Å². The smallest absolute Gasteiger partial charge is 0.348 e. The number of carbonyl (C=O) groups is 2. The molecule has 1 fully saturated rings. The Hall–Kier alpha value is -3.30. The van der Waals surface area contributed by atoms with Crippen molar-refractivity contribution in [3.8, 4) is 0 Å². The summed E-state index contributed by atoms with van der Waals surface area (Å²) in [6, 6.07) is 3.16. The second-order valence-corrected chi connectivity index (χ2v) is 4.96. The normalized spacial score (nSPS) is 16.3. The lowest BCUT2D eigenvalue weighted by atomic mass is 10.1. The number of hydrogen-bond acceptors (Lipinski definition) is 8. The molecular formula is C13H10N2O8. The van der Waals surface area contributed by atoms with Gasteiger partial charge in [-0.15, -0.1) is 0 Å². The first-order valence-corrected chi connectivity index (χ1v) is 6.22. The zero-order valence-corrected chi connectivity index (χ0v) is 12.0. The lowest BCUT2D eigenvalue weighted by Gasteiger charge is -2.29. The highest BCUT2D eigenvalue weighted by Crippen LogP contribution is 2.32. The number of rotatable bonds is 3. The Morgan fingerprint density at radius 2 is 1.43 bits per heavy atom. The van der Waals surface area contributed by atoms with Gasteiger partial charge in [0.1, 0.15) is 11.1 Å². The number of nitro groups is 2. The molecule has 0 amide bonds. The Balaban J connectivity index is 2.63. The van der Waals surface area contributed by atoms with Crippen molar-refractivity contribution >= 4 is 29.4 Å². The molecule has 0 bridgehead atoms. The molecule has 2 rings (SSSR count). The fourth-order valence-electron chi connectivity index (χ4n) is 1.93. The van der Waals surface area contributed by atoms with Gasteiger partial charge in [-0.3, -0.25) is 20.2 Å². The molecule has 0 unspecified atom stereocenters. The van der Waals surface area contributed by atoms with Crippen LogP contribution in [0.25, 0.3) is 6.08 Å². The van der Waals surface area contributed by atoms with Crippen LogP contribution in [0.3, 0.4) is 0 Å². The number of ether oxygens (including phenoxy) is 2. The van der Waals surface area contributed by atoms with Gasteiger partial charge in [0.15, 0.2) is 0 Å². The zero-order valence-electron chi connectivity index (χ0n) is 12.0. The summed E-state index contributed by atoms with van der Waals surface area (Å²) in [5.74, 6) is -3.66. The van der Waals surface area contributed by atoms with E-state index in [-0.39, 0.29) is 0 Å². The fraction of sp³-hybridized carbons (Fsp3) is 0.231. The third-order valence-corrected chi connectivity index (χ3v) is 2.86. The van der Waals surface area contributed by atoms with E-state index in [4.69, 9.17) is 9.47 Å². The molecule has 1 aliphatic heterocycles. The molecule has 1 aromatic carbocycles. The van der Waals surface area contributed by atoms with Crippen LogP contribution < -0.4 is 0 Å². The maximum atomic E-state index is 11.9. The molecule has 10 heteroatoms. The van der Waals surface area contributed by atoms with Crippen molar-refractivity contribution in [2.24, 2.45) is 0 Å². The third-order valence-electron chi connectivity index (χ3n) is 2.86. The summed E-state index contributed by atoms with van der Waals surface area (Å²) in [5.41, 5.74) is -2.41. The molecule has 0 spiro atoms. The van der Waals surface area contributed by atoms with Gasteiger partial charge in [-0.2, -0.15) is 0 Å². The van der Waals surface area contributed by atoms with E-state index < -0.39 is 50.1 Å². The van der Waals surface area contributed by atoms with Crippen LogP contribution in [0, 0.1) is 20.2 Å². The molecule has 1 aromatic rings. The summed E-state index contributed by atoms with van der Waals surface area (Å²) in [5, 5.41) is 22.1. The predicted octanol–water partition coefficient (Wildman–Crippen LogP) is 1.72. The zero-order chi connectivity index (χ0) is 17.4. The van der Waals surface area contributed by atoms with Crippen molar-refractivity contribution in [1.82, 2.24) is 0 Å². The van der Waals surface area contributed by atoms with Crippen LogP contribution in [0.15, 0.2) is 23.8 Å². The first-order valence-electron chi connectivity index (χ1n) is 6.22. The highest BCUT2D eigenvalue weighted by molar-refractivity contribution is 6.19. The minimum absolute atomic E-state index is 0.494. The molecule has 23 heavy (non-hydrogen) atoms. The van der Waals surface area contributed by atoms with Gasteiger partial charge in [0, 0.05) is 26.0 Å². The highest BCUT2D eigenvalue weighted by atomic mass is 16.7. The highest BCUT2D eigenvalue weighted by Gasteiger charge is 2.40. The minimum atomic E-state index is -1.49. The molecule has 1 saturated heterocycles. The molecular weight excluding hydrogens is 312 g/mol. The van der Waals surface area contributed by atoms with Crippen LogP contribution in [0.4, 0.5) is 11.4 Å². The molecule has 0 aromatic heterocycles. The minimum Gasteiger partial charge on any atom is -0.419 e. The Morgan fingerprint density at radius 3 is 1.83 bits per heavy atom. The summed E-state index contributed by atoms with van der Waals surface area (Å²) in [6.45, 7) is 2.65. The summed E-state index contributed by atoms with van der Waals surface area (Å²) in [7, 11) is 0. The number of carbonyl (C=O) groups excluding carboxylic acids is 2. The van der Waals surface area contributed by atoms with Crippen LogP contribution >= 0.6 is 0 Å². The number of esters is 2. The number of nitro benzene ring substituents is 2. The van der Waals surface area contributed by atoms with Gasteiger partial charge in [-0.05, 0) is 12.1 Å². The third kappa shape index (κ3) is 3.15. The standard InChI is InChI=1S/C13H10N2O8/c1-13(2)22-11(16)8(12(17)23-13)6-7-9(14(18)19)4-3-5-10(7)15(20)21/h3-6H,1-2H3. The fourth-order valence-corrected chi connectivity index (χ4v) is 1.93. The lowest BCUT2D eigenvalue weighted by Crippen LogP contribution is -2.41. The number of benzene rings is 1. The Labute approximate surface area is 128 Å². The van der Waals surface area contributed by atoms with E-state index >= 15 is 0 Å². The van der Waals surface area contributed by atoms with Crippen LogP contribution in [0.1, 0.15) is 19.4 Å². The summed E-state index contributed by atoms with van der Waals surface area (Å²) in [6.07, 6.45) is 0.732. The van der Waals surface area contributed by atoms with Crippen molar-refractivity contribution < 1.29 is 28.9 Å². The predicted molar refractivity (Wildman–Crippen MR) is 74.0 cm³/mol. The Kier molecular flexibility index (Phi) is 3.83. The van der Waals surface area contributed by atoms with Gasteiger partial charge in [0.25, 0.3) is 17.2 Å². The first-order chi connectivity index (χ1) is 10.6. The van der Waals surface area contributed by atoms with E-state index in [1.807, 2.05) is 0 Å². The van der Waals surface area contributed by atoms with Crippen molar-refractivity contribution in [2.75, 3.05) is 0 Å². The van der Waals surface area contributed by atoms with E-state index in [1.54, 1.807) is 0 Å². The molecule has 0 radical (unpaired) electrons. The van der Waals surface area contributed by atoms with E-state index in [1.165, 1.54) is 13.8 Å². The monoisotopic (exact) mass is 322 g/mol. The molecule has 0 N–H and O–H groups in total. The van der Waals surface area contributed by atoms with E-state index in [0.717, 1.165) is 24.3 Å². The lowest BCUT2D eigenvalue weighted by molar-refractivity contribution is -0.394. The van der Waals surface area contributed by atoms with E-state index in [2.05, 4.69) is 0 Å². The summed E-state index contributed by atoms with van der Waals surface area (Å²) >= 11 is 0. The molecule has 0 atom stereocenters. The van der Waals surface area contributed by atoms with Crippen molar-refractivity contribution in [3.05, 3.63) is 49.6 Å².